The molecule has 29 heavy (non-hydrogen) atoms. The highest BCUT2D eigenvalue weighted by atomic mass is 32.2. The molecule has 2 aromatic carbocycles. The third kappa shape index (κ3) is 3.97. The maximum atomic E-state index is 12.7. The average molecular weight is 410 g/mol. The van der Waals surface area contributed by atoms with Gasteiger partial charge in [-0.05, 0) is 36.4 Å². The molecule has 2 aliphatic heterocycles. The standard InChI is InChI=1S/C21H18N2O5S/c1-13-7-8-15-16(11-13)28-12-23(20(15)25)9-10-27-17(14-5-3-2-4-6-14)18-19(24)22-21(26)29-18/h2-8,11H,9-10,12H2,1H3,(H,22,24,26). The molecule has 0 unspecified atom stereocenters. The van der Waals surface area contributed by atoms with E-state index in [1.54, 1.807) is 18.2 Å². The van der Waals surface area contributed by atoms with Crippen molar-refractivity contribution >= 4 is 34.6 Å². The van der Waals surface area contributed by atoms with E-state index >= 15 is 0 Å². The van der Waals surface area contributed by atoms with Gasteiger partial charge in [0, 0.05) is 5.56 Å². The van der Waals surface area contributed by atoms with Gasteiger partial charge in [-0.2, -0.15) is 0 Å². The smallest absolute Gasteiger partial charge is 0.291 e. The maximum Gasteiger partial charge on any atom is 0.291 e. The monoisotopic (exact) mass is 410 g/mol. The van der Waals surface area contributed by atoms with Crippen molar-refractivity contribution in [1.29, 1.82) is 0 Å². The number of aryl methyl sites for hydroxylation is 1. The van der Waals surface area contributed by atoms with E-state index in [0.29, 0.717) is 22.6 Å². The number of nitrogens with zero attached hydrogens (tertiary/aromatic N) is 1. The first-order valence-electron chi connectivity index (χ1n) is 9.01. The van der Waals surface area contributed by atoms with Crippen LogP contribution in [0.25, 0.3) is 5.76 Å². The second-order valence-electron chi connectivity index (χ2n) is 6.56. The summed E-state index contributed by atoms with van der Waals surface area (Å²) in [6.45, 7) is 2.49. The molecule has 2 heterocycles. The number of amides is 3. The molecular formula is C21H18N2O5S. The molecule has 8 heteroatoms. The van der Waals surface area contributed by atoms with Crippen LogP contribution >= 0.6 is 11.8 Å². The number of hydrogen-bond donors (Lipinski definition) is 1. The molecular weight excluding hydrogens is 392 g/mol. The van der Waals surface area contributed by atoms with Gasteiger partial charge in [0.05, 0.1) is 12.1 Å². The zero-order valence-corrected chi connectivity index (χ0v) is 16.5. The van der Waals surface area contributed by atoms with Crippen molar-refractivity contribution in [3.05, 3.63) is 70.1 Å². The van der Waals surface area contributed by atoms with Crippen LogP contribution in [0.4, 0.5) is 4.79 Å². The van der Waals surface area contributed by atoms with Gasteiger partial charge in [0.2, 0.25) is 0 Å². The normalized spacial score (nSPS) is 17.6. The van der Waals surface area contributed by atoms with Gasteiger partial charge in [0.25, 0.3) is 17.1 Å². The first-order chi connectivity index (χ1) is 14.0. The Kier molecular flexibility index (Phi) is 5.26. The third-order valence-corrected chi connectivity index (χ3v) is 5.36. The maximum absolute atomic E-state index is 12.7. The number of rotatable bonds is 5. The molecule has 7 nitrogen and oxygen atoms in total. The van der Waals surface area contributed by atoms with Crippen LogP contribution < -0.4 is 10.1 Å². The molecule has 0 aromatic heterocycles. The van der Waals surface area contributed by atoms with Crippen LogP contribution in [0.1, 0.15) is 21.5 Å². The van der Waals surface area contributed by atoms with Crippen molar-refractivity contribution in [3.8, 4) is 5.75 Å². The molecule has 1 saturated heterocycles. The van der Waals surface area contributed by atoms with Crippen molar-refractivity contribution in [3.63, 3.8) is 0 Å². The third-order valence-electron chi connectivity index (χ3n) is 4.50. The van der Waals surface area contributed by atoms with E-state index in [2.05, 4.69) is 5.32 Å². The van der Waals surface area contributed by atoms with E-state index in [1.807, 2.05) is 37.3 Å². The minimum absolute atomic E-state index is 0.129. The van der Waals surface area contributed by atoms with Crippen molar-refractivity contribution < 1.29 is 23.9 Å². The summed E-state index contributed by atoms with van der Waals surface area (Å²) in [6, 6.07) is 14.5. The molecule has 0 spiro atoms. The average Bonchev–Trinajstić information content (AvgIpc) is 3.05. The van der Waals surface area contributed by atoms with Crippen LogP contribution in [-0.2, 0) is 9.53 Å². The van der Waals surface area contributed by atoms with Crippen LogP contribution in [0.3, 0.4) is 0 Å². The lowest BCUT2D eigenvalue weighted by molar-refractivity contribution is -0.115. The molecule has 3 amide bonds. The summed E-state index contributed by atoms with van der Waals surface area (Å²) in [5, 5.41) is 1.81. The number of carbonyl (C=O) groups excluding carboxylic acids is 3. The second kappa shape index (κ2) is 8.00. The molecule has 0 bridgehead atoms. The van der Waals surface area contributed by atoms with Crippen LogP contribution in [0.2, 0.25) is 0 Å². The summed E-state index contributed by atoms with van der Waals surface area (Å²) in [5.41, 5.74) is 2.22. The summed E-state index contributed by atoms with van der Waals surface area (Å²) >= 11 is 0.805. The molecule has 0 atom stereocenters. The molecule has 0 aliphatic carbocycles. The molecule has 1 N–H and O–H groups in total. The zero-order valence-electron chi connectivity index (χ0n) is 15.6. The van der Waals surface area contributed by atoms with Gasteiger partial charge in [-0.15, -0.1) is 0 Å². The Labute approximate surface area is 171 Å². The number of thioether (sulfide) groups is 1. The number of benzene rings is 2. The Morgan fingerprint density at radius 1 is 1.17 bits per heavy atom. The van der Waals surface area contributed by atoms with E-state index < -0.39 is 11.1 Å². The topological polar surface area (TPSA) is 84.9 Å². The molecule has 0 radical (unpaired) electrons. The highest BCUT2D eigenvalue weighted by molar-refractivity contribution is 8.18. The Morgan fingerprint density at radius 3 is 2.69 bits per heavy atom. The molecule has 0 saturated carbocycles. The first kappa shape index (κ1) is 19.1. The van der Waals surface area contributed by atoms with Crippen molar-refractivity contribution in [2.45, 2.75) is 6.92 Å². The fraction of sp³-hybridized carbons (Fsp3) is 0.190. The minimum Gasteiger partial charge on any atom is -0.490 e. The van der Waals surface area contributed by atoms with Gasteiger partial charge < -0.3 is 14.4 Å². The summed E-state index contributed by atoms with van der Waals surface area (Å²) in [4.78, 5) is 38.1. The van der Waals surface area contributed by atoms with Gasteiger partial charge in [-0.3, -0.25) is 19.7 Å². The van der Waals surface area contributed by atoms with Gasteiger partial charge in [-0.1, -0.05) is 36.4 Å². The van der Waals surface area contributed by atoms with Crippen LogP contribution in [0.5, 0.6) is 5.75 Å². The van der Waals surface area contributed by atoms with Crippen molar-refractivity contribution in [2.75, 3.05) is 19.9 Å². The molecule has 148 valence electrons. The fourth-order valence-electron chi connectivity index (χ4n) is 3.06. The SMILES string of the molecule is Cc1ccc2c(c1)OCN(CCOC(=C1SC(=O)NC1=O)c1ccccc1)C2=O. The number of nitrogens with one attached hydrogen (secondary N) is 1. The minimum atomic E-state index is -0.486. The summed E-state index contributed by atoms with van der Waals surface area (Å²) in [6.07, 6.45) is 0. The predicted molar refractivity (Wildman–Crippen MR) is 108 cm³/mol. The van der Waals surface area contributed by atoms with E-state index in [4.69, 9.17) is 9.47 Å². The van der Waals surface area contributed by atoms with E-state index in [-0.39, 0.29) is 30.7 Å². The van der Waals surface area contributed by atoms with Gasteiger partial charge in [0.1, 0.15) is 23.0 Å². The lowest BCUT2D eigenvalue weighted by Gasteiger charge is -2.29. The van der Waals surface area contributed by atoms with E-state index in [9.17, 15) is 14.4 Å². The van der Waals surface area contributed by atoms with Gasteiger partial charge in [0.15, 0.2) is 6.73 Å². The number of carbonyl (C=O) groups is 3. The first-order valence-corrected chi connectivity index (χ1v) is 9.83. The zero-order chi connectivity index (χ0) is 20.4. The molecule has 1 fully saturated rings. The van der Waals surface area contributed by atoms with Crippen molar-refractivity contribution in [1.82, 2.24) is 10.2 Å². The Bertz CT molecular complexity index is 1020. The van der Waals surface area contributed by atoms with Gasteiger partial charge >= 0.3 is 0 Å². The Morgan fingerprint density at radius 2 is 1.97 bits per heavy atom. The van der Waals surface area contributed by atoms with E-state index in [0.717, 1.165) is 17.3 Å². The molecule has 2 aromatic rings. The second-order valence-corrected chi connectivity index (χ2v) is 7.54. The highest BCUT2D eigenvalue weighted by Crippen LogP contribution is 2.32. The largest absolute Gasteiger partial charge is 0.490 e. The Hall–Kier alpha value is -3.26. The quantitative estimate of drug-likeness (QED) is 0.602. The number of ether oxygens (including phenoxy) is 2. The van der Waals surface area contributed by atoms with Crippen molar-refractivity contribution in [2.24, 2.45) is 0 Å². The van der Waals surface area contributed by atoms with Crippen LogP contribution in [0.15, 0.2) is 53.4 Å². The number of hydrogen-bond acceptors (Lipinski definition) is 6. The number of fused-ring (bicyclic) bond motifs is 1. The summed E-state index contributed by atoms with van der Waals surface area (Å²) in [5.74, 6) is 0.282. The summed E-state index contributed by atoms with van der Waals surface area (Å²) < 4.78 is 11.6. The highest BCUT2D eigenvalue weighted by Gasteiger charge is 2.31. The van der Waals surface area contributed by atoms with Crippen LogP contribution in [-0.4, -0.2) is 41.8 Å². The lowest BCUT2D eigenvalue weighted by atomic mass is 10.1. The fourth-order valence-corrected chi connectivity index (χ4v) is 3.80. The van der Waals surface area contributed by atoms with Gasteiger partial charge in [-0.25, -0.2) is 0 Å². The van der Waals surface area contributed by atoms with E-state index in [1.165, 1.54) is 4.90 Å². The number of imide groups is 1. The molecule has 4 rings (SSSR count). The predicted octanol–water partition coefficient (Wildman–Crippen LogP) is 3.16. The lowest BCUT2D eigenvalue weighted by Crippen LogP contribution is -2.40. The molecule has 2 aliphatic rings. The summed E-state index contributed by atoms with van der Waals surface area (Å²) in [7, 11) is 0. The Balaban J connectivity index is 1.49. The van der Waals surface area contributed by atoms with Crippen LogP contribution in [0, 0.1) is 6.92 Å².